The van der Waals surface area contributed by atoms with Crippen molar-refractivity contribution in [1.29, 1.82) is 0 Å². The molecule has 1 aliphatic heterocycles. The highest BCUT2D eigenvalue weighted by atomic mass is 16.2. The number of piperidine rings is 1. The van der Waals surface area contributed by atoms with Crippen LogP contribution in [0.5, 0.6) is 0 Å². The van der Waals surface area contributed by atoms with Gasteiger partial charge in [-0.25, -0.2) is 4.98 Å². The third-order valence-electron chi connectivity index (χ3n) is 5.99. The van der Waals surface area contributed by atoms with E-state index >= 15 is 0 Å². The first-order valence-electron chi connectivity index (χ1n) is 10.8. The Morgan fingerprint density at radius 3 is 2.85 bits per heavy atom. The van der Waals surface area contributed by atoms with Crippen LogP contribution >= 0.6 is 0 Å². The van der Waals surface area contributed by atoms with E-state index < -0.39 is 0 Å². The molecular weight excluding hydrogens is 420 g/mol. The highest BCUT2D eigenvalue weighted by Crippen LogP contribution is 2.29. The van der Waals surface area contributed by atoms with Crippen molar-refractivity contribution in [2.24, 2.45) is 13.0 Å². The number of nitrogens with two attached hydrogens (primary N) is 2. The number of benzene rings is 1. The number of H-pyrrole nitrogens is 1. The van der Waals surface area contributed by atoms with Crippen molar-refractivity contribution in [3.63, 3.8) is 0 Å². The lowest BCUT2D eigenvalue weighted by Gasteiger charge is -2.33. The number of fused-ring (bicyclic) bond motifs is 1. The van der Waals surface area contributed by atoms with Gasteiger partial charge >= 0.3 is 0 Å². The predicted octanol–water partition coefficient (Wildman–Crippen LogP) is 2.08. The van der Waals surface area contributed by atoms with Gasteiger partial charge in [0.25, 0.3) is 0 Å². The molecule has 1 fully saturated rings. The molecule has 11 heteroatoms. The van der Waals surface area contributed by atoms with Crippen molar-refractivity contribution in [2.45, 2.75) is 19.8 Å². The number of nitrogens with one attached hydrogen (secondary N) is 2. The van der Waals surface area contributed by atoms with Gasteiger partial charge in [0.15, 0.2) is 5.82 Å². The Morgan fingerprint density at radius 2 is 2.06 bits per heavy atom. The second kappa shape index (κ2) is 8.08. The molecule has 4 heterocycles. The summed E-state index contributed by atoms with van der Waals surface area (Å²) in [6.45, 7) is 3.24. The maximum absolute atomic E-state index is 12.9. The van der Waals surface area contributed by atoms with Crippen LogP contribution in [-0.4, -0.2) is 48.9 Å². The monoisotopic (exact) mass is 446 g/mol. The molecule has 1 aliphatic rings. The number of hydrogen-bond donors (Lipinski definition) is 4. The first kappa shape index (κ1) is 20.7. The summed E-state index contributed by atoms with van der Waals surface area (Å²) in [4.78, 5) is 23.9. The van der Waals surface area contributed by atoms with Crippen molar-refractivity contribution in [3.05, 3.63) is 36.0 Å². The number of anilines is 4. The van der Waals surface area contributed by atoms with Crippen LogP contribution in [0.4, 0.5) is 23.4 Å². The molecular formula is C22H26N10O. The van der Waals surface area contributed by atoms with Crippen LogP contribution in [0.3, 0.4) is 0 Å². The molecule has 0 bridgehead atoms. The summed E-state index contributed by atoms with van der Waals surface area (Å²) >= 11 is 0. The van der Waals surface area contributed by atoms with E-state index in [4.69, 9.17) is 11.5 Å². The van der Waals surface area contributed by atoms with Gasteiger partial charge in [0.2, 0.25) is 11.9 Å². The molecule has 0 saturated carbocycles. The van der Waals surface area contributed by atoms with Gasteiger partial charge in [-0.2, -0.15) is 15.2 Å². The minimum atomic E-state index is -0.169. The van der Waals surface area contributed by atoms with Crippen molar-refractivity contribution in [3.8, 4) is 11.3 Å². The van der Waals surface area contributed by atoms with Crippen LogP contribution < -0.4 is 21.7 Å². The van der Waals surface area contributed by atoms with E-state index in [0.29, 0.717) is 29.7 Å². The Balaban J connectivity index is 1.37. The van der Waals surface area contributed by atoms with Gasteiger partial charge in [0.1, 0.15) is 11.6 Å². The first-order chi connectivity index (χ1) is 15.9. The Labute approximate surface area is 190 Å². The quantitative estimate of drug-likeness (QED) is 0.371. The topological polar surface area (TPSA) is 157 Å². The minimum Gasteiger partial charge on any atom is -0.382 e. The van der Waals surface area contributed by atoms with Gasteiger partial charge in [-0.1, -0.05) is 6.07 Å². The van der Waals surface area contributed by atoms with Gasteiger partial charge < -0.3 is 21.7 Å². The summed E-state index contributed by atoms with van der Waals surface area (Å²) in [5.74, 6) is 1.85. The van der Waals surface area contributed by atoms with Gasteiger partial charge in [-0.05, 0) is 31.9 Å². The zero-order valence-corrected chi connectivity index (χ0v) is 18.5. The van der Waals surface area contributed by atoms with Gasteiger partial charge in [-0.15, -0.1) is 0 Å². The molecule has 1 atom stereocenters. The standard InChI is InChI=1S/C22H26N10O/c1-12-8-18(31(2)30-12)26-21(33)14-4-3-7-32(11-14)19-10-16(25-22(24)27-19)13-5-6-15-17(9-13)28-29-20(15)23/h5-6,8-10,14H,3-4,7,11H2,1-2H3,(H,26,33)(H3,23,28,29)(H2,24,25,27)/t14-/m0/s1. The Hall–Kier alpha value is -4.15. The summed E-state index contributed by atoms with van der Waals surface area (Å²) in [5, 5.41) is 15.1. The lowest BCUT2D eigenvalue weighted by molar-refractivity contribution is -0.120. The fourth-order valence-corrected chi connectivity index (χ4v) is 4.32. The van der Waals surface area contributed by atoms with Crippen molar-refractivity contribution >= 4 is 40.2 Å². The number of amides is 1. The molecule has 6 N–H and O–H groups in total. The molecule has 1 amide bonds. The average Bonchev–Trinajstić information content (AvgIpc) is 3.33. The molecule has 1 saturated heterocycles. The highest BCUT2D eigenvalue weighted by Gasteiger charge is 2.28. The lowest BCUT2D eigenvalue weighted by atomic mass is 9.97. The fourth-order valence-electron chi connectivity index (χ4n) is 4.32. The van der Waals surface area contributed by atoms with Crippen molar-refractivity contribution < 1.29 is 4.79 Å². The van der Waals surface area contributed by atoms with Crippen LogP contribution in [0, 0.1) is 12.8 Å². The number of aromatic amines is 1. The molecule has 3 aromatic heterocycles. The van der Waals surface area contributed by atoms with Crippen LogP contribution in [0.25, 0.3) is 22.2 Å². The summed E-state index contributed by atoms with van der Waals surface area (Å²) < 4.78 is 1.68. The molecule has 0 aliphatic carbocycles. The number of carbonyl (C=O) groups is 1. The molecule has 33 heavy (non-hydrogen) atoms. The molecule has 170 valence electrons. The third kappa shape index (κ3) is 4.04. The molecule has 11 nitrogen and oxygen atoms in total. The normalized spacial score (nSPS) is 16.3. The fraction of sp³-hybridized carbons (Fsp3) is 0.318. The number of rotatable bonds is 4. The van der Waals surface area contributed by atoms with E-state index in [1.807, 2.05) is 44.3 Å². The summed E-state index contributed by atoms with van der Waals surface area (Å²) in [6, 6.07) is 9.54. The molecule has 5 rings (SSSR count). The highest BCUT2D eigenvalue weighted by molar-refractivity contribution is 5.93. The molecule has 0 spiro atoms. The molecule has 0 radical (unpaired) electrons. The summed E-state index contributed by atoms with van der Waals surface area (Å²) in [6.07, 6.45) is 1.69. The van der Waals surface area contributed by atoms with Crippen LogP contribution in [0.1, 0.15) is 18.5 Å². The number of nitrogens with zero attached hydrogens (tertiary/aromatic N) is 6. The van der Waals surface area contributed by atoms with Crippen molar-refractivity contribution in [2.75, 3.05) is 34.8 Å². The minimum absolute atomic E-state index is 0.0211. The maximum atomic E-state index is 12.9. The lowest BCUT2D eigenvalue weighted by Crippen LogP contribution is -2.41. The van der Waals surface area contributed by atoms with Gasteiger partial charge in [-0.3, -0.25) is 14.6 Å². The second-order valence-electron chi connectivity index (χ2n) is 8.41. The largest absolute Gasteiger partial charge is 0.382 e. The predicted molar refractivity (Wildman–Crippen MR) is 127 cm³/mol. The van der Waals surface area contributed by atoms with Crippen LogP contribution in [0.2, 0.25) is 0 Å². The smallest absolute Gasteiger partial charge is 0.230 e. The maximum Gasteiger partial charge on any atom is 0.230 e. The van der Waals surface area contributed by atoms with Crippen LogP contribution in [0.15, 0.2) is 30.3 Å². The number of aromatic nitrogens is 6. The van der Waals surface area contributed by atoms with Gasteiger partial charge in [0.05, 0.1) is 22.8 Å². The third-order valence-corrected chi connectivity index (χ3v) is 5.99. The molecule has 1 aromatic carbocycles. The van der Waals surface area contributed by atoms with E-state index in [9.17, 15) is 4.79 Å². The zero-order valence-electron chi connectivity index (χ0n) is 18.5. The zero-order chi connectivity index (χ0) is 23.1. The SMILES string of the molecule is Cc1cc(NC(=O)[C@H]2CCCN(c3cc(-c4ccc5c(N)n[nH]c5c4)nc(N)n3)C2)n(C)n1. The average molecular weight is 447 g/mol. The van der Waals surface area contributed by atoms with E-state index in [1.54, 1.807) is 4.68 Å². The van der Waals surface area contributed by atoms with E-state index in [-0.39, 0.29) is 17.8 Å². The number of nitrogen functional groups attached to an aromatic ring is 2. The van der Waals surface area contributed by atoms with E-state index in [2.05, 4.69) is 35.5 Å². The first-order valence-corrected chi connectivity index (χ1v) is 10.8. The number of aryl methyl sites for hydroxylation is 2. The van der Waals surface area contributed by atoms with Crippen molar-refractivity contribution in [1.82, 2.24) is 29.9 Å². The Morgan fingerprint density at radius 1 is 1.21 bits per heavy atom. The number of carbonyl (C=O) groups excluding carboxylic acids is 1. The van der Waals surface area contributed by atoms with Gasteiger partial charge in [0, 0.05) is 43.2 Å². The van der Waals surface area contributed by atoms with E-state index in [1.165, 1.54) is 0 Å². The summed E-state index contributed by atoms with van der Waals surface area (Å²) in [5.41, 5.74) is 15.2. The molecule has 4 aromatic rings. The Bertz CT molecular complexity index is 1340. The second-order valence-corrected chi connectivity index (χ2v) is 8.41. The Kier molecular flexibility index (Phi) is 5.08. The van der Waals surface area contributed by atoms with E-state index in [0.717, 1.165) is 41.5 Å². The molecule has 0 unspecified atom stereocenters. The van der Waals surface area contributed by atoms with Crippen LogP contribution in [-0.2, 0) is 11.8 Å². The number of hydrogen-bond acceptors (Lipinski definition) is 8. The summed E-state index contributed by atoms with van der Waals surface area (Å²) in [7, 11) is 1.82.